The number of aromatic nitrogens is 2. The minimum atomic E-state index is -4.61. The van der Waals surface area contributed by atoms with Gasteiger partial charge in [-0.2, -0.15) is 8.42 Å². The molecule has 2 heterocycles. The predicted octanol–water partition coefficient (Wildman–Crippen LogP) is -1.25. The van der Waals surface area contributed by atoms with Crippen molar-refractivity contribution in [3.8, 4) is 0 Å². The Hall–Kier alpha value is -4.01. The zero-order valence-corrected chi connectivity index (χ0v) is 30.0. The van der Waals surface area contributed by atoms with Crippen LogP contribution in [0.5, 0.6) is 0 Å². The number of amides is 4. The number of nitrogens with zero attached hydrogens (tertiary/aromatic N) is 3. The van der Waals surface area contributed by atoms with E-state index in [9.17, 15) is 36.9 Å². The third-order valence-electron chi connectivity index (χ3n) is 7.34. The summed E-state index contributed by atoms with van der Waals surface area (Å²) in [5, 5.41) is 12.8. The lowest BCUT2D eigenvalue weighted by atomic mass is 10.0. The average Bonchev–Trinajstić information content (AvgIpc) is 3.40. The van der Waals surface area contributed by atoms with Gasteiger partial charge in [-0.15, -0.1) is 0 Å². The number of fused-ring (bicyclic) bond motifs is 1. The van der Waals surface area contributed by atoms with Gasteiger partial charge in [-0.25, -0.2) is 9.99 Å². The molecule has 4 amide bonds. The van der Waals surface area contributed by atoms with Crippen LogP contribution in [0.1, 0.15) is 39.3 Å². The standard InChI is InChI=1S/C31H50N8O10S/c1-21(2)28(31(44)35-22(3)19-40)37-27(42)9-13-48-15-16-49-14-11-34-30(43)25(20-50(45,46)47)36-26(41)8-12-39-24(18-38(5)32-4)17-23-7-6-10-33-29(23)39/h6-7,10,17,19,21-22,25,28,32H,8-9,11-16,18,20H2,1-5H3,(H,34,43)(H,35,44)(H,36,41)(H,37,42)(H,45,46,47). The maximum absolute atomic E-state index is 12.9. The summed E-state index contributed by atoms with van der Waals surface area (Å²) in [6.45, 7) is 6.11. The number of carbonyl (C=O) groups excluding carboxylic acids is 5. The predicted molar refractivity (Wildman–Crippen MR) is 183 cm³/mol. The molecule has 3 unspecified atom stereocenters. The van der Waals surface area contributed by atoms with E-state index >= 15 is 0 Å². The Balaban J connectivity index is 1.76. The van der Waals surface area contributed by atoms with Crippen molar-refractivity contribution in [2.45, 2.75) is 64.8 Å². The molecule has 2 rings (SSSR count). The number of aldehydes is 1. The maximum atomic E-state index is 12.9. The van der Waals surface area contributed by atoms with Gasteiger partial charge in [0.05, 0.1) is 39.0 Å². The van der Waals surface area contributed by atoms with Crippen molar-refractivity contribution in [2.75, 3.05) is 52.8 Å². The fraction of sp³-hybridized carbons (Fsp3) is 0.613. The SMILES string of the molecule is CNN(C)Cc1cc2cccnc2n1CCC(=O)NC(CS(=O)(=O)O)C(=O)NCCOCCOCCC(=O)NC(C(=O)NC(C)C=O)C(C)C. The molecule has 0 fully saturated rings. The first kappa shape index (κ1) is 42.2. The van der Waals surface area contributed by atoms with Crippen LogP contribution in [0.2, 0.25) is 0 Å². The molecule has 3 atom stereocenters. The van der Waals surface area contributed by atoms with E-state index in [0.29, 0.717) is 18.5 Å². The topological polar surface area (TPSA) is 239 Å². The van der Waals surface area contributed by atoms with Crippen LogP contribution >= 0.6 is 0 Å². The van der Waals surface area contributed by atoms with Crippen LogP contribution in [-0.4, -0.2) is 128 Å². The average molecular weight is 727 g/mol. The second kappa shape index (κ2) is 21.3. The number of carbonyl (C=O) groups is 5. The van der Waals surface area contributed by atoms with Gasteiger partial charge < -0.3 is 40.1 Å². The Morgan fingerprint density at radius 2 is 1.68 bits per heavy atom. The summed E-state index contributed by atoms with van der Waals surface area (Å²) in [5.41, 5.74) is 4.57. The summed E-state index contributed by atoms with van der Waals surface area (Å²) in [6.07, 6.45) is 2.13. The molecule has 18 nitrogen and oxygen atoms in total. The van der Waals surface area contributed by atoms with Crippen molar-refractivity contribution in [3.63, 3.8) is 0 Å². The molecule has 0 aliphatic rings. The first-order chi connectivity index (χ1) is 23.6. The van der Waals surface area contributed by atoms with Crippen molar-refractivity contribution >= 4 is 51.1 Å². The van der Waals surface area contributed by atoms with Crippen LogP contribution < -0.4 is 26.7 Å². The molecule has 0 saturated carbocycles. The maximum Gasteiger partial charge on any atom is 0.267 e. The molecule has 0 aliphatic carbocycles. The number of hydrazine groups is 1. The van der Waals surface area contributed by atoms with Crippen LogP contribution in [0, 0.1) is 5.92 Å². The third kappa shape index (κ3) is 15.3. The van der Waals surface area contributed by atoms with Gasteiger partial charge in [0, 0.05) is 50.3 Å². The van der Waals surface area contributed by atoms with Gasteiger partial charge in [0.15, 0.2) is 0 Å². The normalized spacial score (nSPS) is 13.5. The van der Waals surface area contributed by atoms with Crippen molar-refractivity contribution in [3.05, 3.63) is 30.1 Å². The number of rotatable bonds is 24. The highest BCUT2D eigenvalue weighted by Crippen LogP contribution is 2.19. The fourth-order valence-electron chi connectivity index (χ4n) is 4.70. The molecule has 0 spiro atoms. The minimum Gasteiger partial charge on any atom is -0.379 e. The molecule has 0 aromatic carbocycles. The second-order valence-electron chi connectivity index (χ2n) is 11.9. The first-order valence-electron chi connectivity index (χ1n) is 16.2. The molecule has 0 saturated heterocycles. The van der Waals surface area contributed by atoms with Crippen LogP contribution in [0.25, 0.3) is 11.0 Å². The summed E-state index contributed by atoms with van der Waals surface area (Å²) >= 11 is 0. The fourth-order valence-corrected chi connectivity index (χ4v) is 5.36. The largest absolute Gasteiger partial charge is 0.379 e. The van der Waals surface area contributed by atoms with Crippen LogP contribution in [0.15, 0.2) is 24.4 Å². The van der Waals surface area contributed by atoms with Gasteiger partial charge in [0.2, 0.25) is 23.6 Å². The molecule has 0 radical (unpaired) electrons. The Labute approximate surface area is 292 Å². The molecule has 0 aliphatic heterocycles. The molecule has 2 aromatic heterocycles. The van der Waals surface area contributed by atoms with E-state index in [1.165, 1.54) is 6.92 Å². The molecule has 19 heteroatoms. The van der Waals surface area contributed by atoms with Gasteiger partial charge in [0.1, 0.15) is 29.8 Å². The van der Waals surface area contributed by atoms with Crippen molar-refractivity contribution < 1.29 is 46.4 Å². The van der Waals surface area contributed by atoms with E-state index in [1.54, 1.807) is 33.2 Å². The van der Waals surface area contributed by atoms with E-state index < -0.39 is 57.6 Å². The first-order valence-corrected chi connectivity index (χ1v) is 17.8. The molecular formula is C31H50N8O10S. The molecular weight excluding hydrogens is 676 g/mol. The van der Waals surface area contributed by atoms with Crippen LogP contribution in [0.4, 0.5) is 0 Å². The summed E-state index contributed by atoms with van der Waals surface area (Å²) in [7, 11) is -0.974. The molecule has 0 bridgehead atoms. The lowest BCUT2D eigenvalue weighted by Gasteiger charge is -2.22. The summed E-state index contributed by atoms with van der Waals surface area (Å²) in [6, 6.07) is 2.65. The smallest absolute Gasteiger partial charge is 0.267 e. The highest BCUT2D eigenvalue weighted by atomic mass is 32.2. The van der Waals surface area contributed by atoms with Gasteiger partial charge >= 0.3 is 0 Å². The Morgan fingerprint density at radius 1 is 1.00 bits per heavy atom. The van der Waals surface area contributed by atoms with Crippen LogP contribution in [-0.2, 0) is 56.7 Å². The zero-order valence-electron chi connectivity index (χ0n) is 29.1. The van der Waals surface area contributed by atoms with E-state index in [0.717, 1.165) is 11.1 Å². The lowest BCUT2D eigenvalue weighted by Crippen LogP contribution is -2.52. The van der Waals surface area contributed by atoms with E-state index in [1.807, 2.05) is 28.8 Å². The van der Waals surface area contributed by atoms with Gasteiger partial charge in [-0.1, -0.05) is 13.8 Å². The van der Waals surface area contributed by atoms with Gasteiger partial charge in [0.25, 0.3) is 10.1 Å². The number of hydrogen-bond donors (Lipinski definition) is 6. The lowest BCUT2D eigenvalue weighted by molar-refractivity contribution is -0.131. The summed E-state index contributed by atoms with van der Waals surface area (Å²) < 4.78 is 45.3. The van der Waals surface area contributed by atoms with E-state index in [4.69, 9.17) is 9.47 Å². The Morgan fingerprint density at radius 3 is 2.32 bits per heavy atom. The second-order valence-corrected chi connectivity index (χ2v) is 13.4. The van der Waals surface area contributed by atoms with Crippen molar-refractivity contribution in [2.24, 2.45) is 5.92 Å². The quantitative estimate of drug-likeness (QED) is 0.0321. The highest BCUT2D eigenvalue weighted by molar-refractivity contribution is 7.85. The van der Waals surface area contributed by atoms with E-state index in [-0.39, 0.29) is 58.3 Å². The van der Waals surface area contributed by atoms with Gasteiger partial charge in [-0.3, -0.25) is 29.2 Å². The van der Waals surface area contributed by atoms with Crippen molar-refractivity contribution in [1.82, 2.24) is 41.3 Å². The van der Waals surface area contributed by atoms with E-state index in [2.05, 4.69) is 31.7 Å². The summed E-state index contributed by atoms with van der Waals surface area (Å²) in [5.74, 6) is -3.49. The number of aryl methyl sites for hydroxylation is 1. The number of nitrogens with one attached hydrogen (secondary N) is 5. The minimum absolute atomic E-state index is 0.00950. The third-order valence-corrected chi connectivity index (χ3v) is 8.10. The monoisotopic (exact) mass is 726 g/mol. The zero-order chi connectivity index (χ0) is 37.3. The number of pyridine rings is 1. The van der Waals surface area contributed by atoms with Gasteiger partial charge in [-0.05, 0) is 38.1 Å². The highest BCUT2D eigenvalue weighted by Gasteiger charge is 2.27. The number of hydrogen-bond acceptors (Lipinski definition) is 12. The molecule has 2 aromatic rings. The molecule has 280 valence electrons. The Kier molecular flexibility index (Phi) is 17.9. The number of ether oxygens (including phenoxy) is 2. The Bertz CT molecular complexity index is 1530. The molecule has 50 heavy (non-hydrogen) atoms. The summed E-state index contributed by atoms with van der Waals surface area (Å²) in [4.78, 5) is 65.4. The molecule has 6 N–H and O–H groups in total. The van der Waals surface area contributed by atoms with Crippen LogP contribution in [0.3, 0.4) is 0 Å². The van der Waals surface area contributed by atoms with Crippen molar-refractivity contribution in [1.29, 1.82) is 0 Å².